The first-order chi connectivity index (χ1) is 17.7. The Morgan fingerprint density at radius 2 is 1.63 bits per heavy atom. The monoisotopic (exact) mass is 534 g/mol. The molecule has 0 aromatic rings. The maximum Gasteiger partial charge on any atom is 0.303 e. The smallest absolute Gasteiger partial charge is 0.303 e. The van der Waals surface area contributed by atoms with Gasteiger partial charge in [-0.25, -0.2) is 0 Å². The molecule has 216 valence electrons. The molecule has 0 radical (unpaired) electrons. The fourth-order valence-electron chi connectivity index (χ4n) is 9.32. The molecule has 0 aliphatic heterocycles. The van der Waals surface area contributed by atoms with Crippen LogP contribution in [0.2, 0.25) is 0 Å². The van der Waals surface area contributed by atoms with Crippen molar-refractivity contribution in [2.75, 3.05) is 0 Å². The molecule has 0 aromatic heterocycles. The summed E-state index contributed by atoms with van der Waals surface area (Å²) < 4.78 is 11.5. The summed E-state index contributed by atoms with van der Waals surface area (Å²) in [5.41, 5.74) is 0.471. The molecule has 38 heavy (non-hydrogen) atoms. The van der Waals surface area contributed by atoms with E-state index in [1.165, 1.54) is 13.8 Å². The van der Waals surface area contributed by atoms with E-state index in [1.807, 2.05) is 6.08 Å². The van der Waals surface area contributed by atoms with Crippen LogP contribution in [0.1, 0.15) is 93.4 Å². The van der Waals surface area contributed by atoms with Crippen molar-refractivity contribution in [2.24, 2.45) is 46.3 Å². The molecule has 7 nitrogen and oxygen atoms in total. The summed E-state index contributed by atoms with van der Waals surface area (Å²) in [6, 6.07) is 0. The molecule has 12 atom stereocenters. The van der Waals surface area contributed by atoms with E-state index in [-0.39, 0.29) is 35.2 Å². The fraction of sp³-hybridized carbons (Fsp3) is 0.871. The van der Waals surface area contributed by atoms with Gasteiger partial charge in [-0.05, 0) is 85.5 Å². The zero-order valence-electron chi connectivity index (χ0n) is 24.4. The number of aliphatic hydroxyl groups is 3. The Morgan fingerprint density at radius 1 is 0.974 bits per heavy atom. The number of carbonyl (C=O) groups excluding carboxylic acids is 2. The van der Waals surface area contributed by atoms with Crippen LogP contribution < -0.4 is 0 Å². The molecule has 0 saturated heterocycles. The highest BCUT2D eigenvalue weighted by Gasteiger charge is 2.65. The zero-order valence-corrected chi connectivity index (χ0v) is 24.4. The van der Waals surface area contributed by atoms with E-state index >= 15 is 0 Å². The SMILES string of the molecule is CC(=O)O[C@@H]1[C@@H]2[C@@H](OC(C)=O)C=C3[C@H]([C@H](O)C[C@]4(C)[C@@H]([C@H](C)[C@H](O)CCC(C)C)CC[C@@H]34)[C@@]2(C)CC[C@@H]1O. The van der Waals surface area contributed by atoms with E-state index in [9.17, 15) is 24.9 Å². The van der Waals surface area contributed by atoms with E-state index in [0.29, 0.717) is 25.2 Å². The number of hydrogen-bond acceptors (Lipinski definition) is 7. The number of hydrogen-bond donors (Lipinski definition) is 3. The zero-order chi connectivity index (χ0) is 28.2. The van der Waals surface area contributed by atoms with Gasteiger partial charge in [-0.1, -0.05) is 40.2 Å². The molecule has 4 aliphatic carbocycles. The Labute approximate surface area is 228 Å². The number of ether oxygens (including phenoxy) is 2. The van der Waals surface area contributed by atoms with Gasteiger partial charge in [-0.15, -0.1) is 0 Å². The van der Waals surface area contributed by atoms with Gasteiger partial charge in [-0.2, -0.15) is 0 Å². The molecule has 3 saturated carbocycles. The first kappa shape index (κ1) is 29.5. The van der Waals surface area contributed by atoms with Crippen LogP contribution in [0.5, 0.6) is 0 Å². The lowest BCUT2D eigenvalue weighted by atomic mass is 9.45. The second-order valence-corrected chi connectivity index (χ2v) is 13.8. The van der Waals surface area contributed by atoms with Crippen LogP contribution in [0.4, 0.5) is 0 Å². The van der Waals surface area contributed by atoms with Gasteiger partial charge < -0.3 is 24.8 Å². The quantitative estimate of drug-likeness (QED) is 0.327. The van der Waals surface area contributed by atoms with E-state index in [1.54, 1.807) is 0 Å². The van der Waals surface area contributed by atoms with Crippen molar-refractivity contribution in [3.63, 3.8) is 0 Å². The Balaban J connectivity index is 1.72. The van der Waals surface area contributed by atoms with Gasteiger partial charge in [0.15, 0.2) is 0 Å². The molecule has 0 unspecified atom stereocenters. The molecule has 4 rings (SSSR count). The Kier molecular flexibility index (Phi) is 8.44. The summed E-state index contributed by atoms with van der Waals surface area (Å²) >= 11 is 0. The average Bonchev–Trinajstić information content (AvgIpc) is 3.14. The van der Waals surface area contributed by atoms with Gasteiger partial charge in [-0.3, -0.25) is 9.59 Å². The van der Waals surface area contributed by atoms with Gasteiger partial charge in [0.25, 0.3) is 0 Å². The predicted molar refractivity (Wildman–Crippen MR) is 144 cm³/mol. The summed E-state index contributed by atoms with van der Waals surface area (Å²) in [6.07, 6.45) is 4.25. The van der Waals surface area contributed by atoms with E-state index < -0.39 is 47.7 Å². The van der Waals surface area contributed by atoms with Crippen molar-refractivity contribution in [3.05, 3.63) is 11.6 Å². The van der Waals surface area contributed by atoms with Gasteiger partial charge in [0.1, 0.15) is 12.2 Å². The van der Waals surface area contributed by atoms with Gasteiger partial charge in [0, 0.05) is 25.7 Å². The lowest BCUT2D eigenvalue weighted by molar-refractivity contribution is -0.202. The highest BCUT2D eigenvalue weighted by Crippen LogP contribution is 2.67. The number of rotatable bonds is 7. The molecular formula is C31H50O7. The van der Waals surface area contributed by atoms with E-state index in [2.05, 4.69) is 34.6 Å². The molecule has 3 fully saturated rings. The molecule has 0 amide bonds. The summed E-state index contributed by atoms with van der Waals surface area (Å²) in [5, 5.41) is 33.8. The average molecular weight is 535 g/mol. The van der Waals surface area contributed by atoms with Gasteiger partial charge in [0.2, 0.25) is 0 Å². The number of aliphatic hydroxyl groups excluding tert-OH is 3. The molecule has 7 heteroatoms. The second-order valence-electron chi connectivity index (χ2n) is 13.8. The van der Waals surface area contributed by atoms with Crippen LogP contribution in [0.15, 0.2) is 11.6 Å². The van der Waals surface area contributed by atoms with Crippen molar-refractivity contribution in [1.82, 2.24) is 0 Å². The molecule has 0 spiro atoms. The third-order valence-corrected chi connectivity index (χ3v) is 11.0. The summed E-state index contributed by atoms with van der Waals surface area (Å²) in [5.74, 6) is -0.327. The summed E-state index contributed by atoms with van der Waals surface area (Å²) in [4.78, 5) is 24.3. The van der Waals surface area contributed by atoms with Crippen molar-refractivity contribution in [3.8, 4) is 0 Å². The molecule has 0 heterocycles. The first-order valence-electron chi connectivity index (χ1n) is 14.8. The van der Waals surface area contributed by atoms with E-state index in [4.69, 9.17) is 9.47 Å². The van der Waals surface area contributed by atoms with Gasteiger partial charge >= 0.3 is 11.9 Å². The summed E-state index contributed by atoms with van der Waals surface area (Å²) in [7, 11) is 0. The standard InChI is InChI=1S/C31H50O7/c1-16(2)8-11-23(34)17(3)21-9-10-22-20-14-26(37-18(4)32)28-29(38-19(5)33)24(35)12-13-30(28,6)27(20)25(36)15-31(21,22)7/h14,16-17,21-29,34-36H,8-13,15H2,1-7H3/t17-,21+,22-,23+,24-,25+,26-,27+,28-,29-,30+,31+/m0/s1. The third kappa shape index (κ3) is 5.08. The minimum Gasteiger partial charge on any atom is -0.459 e. The molecular weight excluding hydrogens is 484 g/mol. The molecule has 4 aliphatic rings. The van der Waals surface area contributed by atoms with Crippen molar-refractivity contribution < 1.29 is 34.4 Å². The molecule has 0 aromatic carbocycles. The first-order valence-corrected chi connectivity index (χ1v) is 14.8. The van der Waals surface area contributed by atoms with Crippen LogP contribution in [0, 0.1) is 46.3 Å². The van der Waals surface area contributed by atoms with Crippen LogP contribution >= 0.6 is 0 Å². The minimum atomic E-state index is -0.847. The van der Waals surface area contributed by atoms with Crippen LogP contribution in [0.25, 0.3) is 0 Å². The summed E-state index contributed by atoms with van der Waals surface area (Å²) in [6.45, 7) is 13.6. The highest BCUT2D eigenvalue weighted by atomic mass is 16.6. The third-order valence-electron chi connectivity index (χ3n) is 11.0. The van der Waals surface area contributed by atoms with Crippen LogP contribution in [-0.2, 0) is 19.1 Å². The van der Waals surface area contributed by atoms with Crippen molar-refractivity contribution in [2.45, 2.75) is 124 Å². The lowest BCUT2D eigenvalue weighted by Gasteiger charge is -2.61. The number of esters is 2. The molecule has 0 bridgehead atoms. The van der Waals surface area contributed by atoms with Crippen LogP contribution in [-0.4, -0.2) is 57.8 Å². The Bertz CT molecular complexity index is 929. The van der Waals surface area contributed by atoms with Crippen LogP contribution in [0.3, 0.4) is 0 Å². The topological polar surface area (TPSA) is 113 Å². The number of carbonyl (C=O) groups is 2. The maximum atomic E-state index is 12.2. The Morgan fingerprint density at radius 3 is 2.24 bits per heavy atom. The fourth-order valence-corrected chi connectivity index (χ4v) is 9.32. The largest absolute Gasteiger partial charge is 0.459 e. The lowest BCUT2D eigenvalue weighted by Crippen LogP contribution is -2.63. The predicted octanol–water partition coefficient (Wildman–Crippen LogP) is 4.41. The second kappa shape index (κ2) is 10.9. The van der Waals surface area contributed by atoms with Gasteiger partial charge in [0.05, 0.1) is 18.3 Å². The van der Waals surface area contributed by atoms with Crippen molar-refractivity contribution in [1.29, 1.82) is 0 Å². The van der Waals surface area contributed by atoms with Crippen molar-refractivity contribution >= 4 is 11.9 Å². The minimum absolute atomic E-state index is 0.127. The number of fused-ring (bicyclic) bond motifs is 5. The van der Waals surface area contributed by atoms with E-state index in [0.717, 1.165) is 31.3 Å². The maximum absolute atomic E-state index is 12.2. The Hall–Kier alpha value is -1.44. The molecule has 3 N–H and O–H groups in total. The normalized spacial score (nSPS) is 43.8. The highest BCUT2D eigenvalue weighted by molar-refractivity contribution is 5.67.